The molecule has 0 saturated carbocycles. The van der Waals surface area contributed by atoms with Gasteiger partial charge in [-0.15, -0.1) is 0 Å². The molecule has 0 amide bonds. The zero-order valence-corrected chi connectivity index (χ0v) is 53.2. The first kappa shape index (κ1) is 77.9. The Hall–Kier alpha value is -5.09. The fourth-order valence-corrected chi connectivity index (χ4v) is 8.34. The quantitative estimate of drug-likeness (QED) is 0.0195. The standard InChI is InChI=1S/C74H119NO8/c1-6-8-10-12-14-16-18-20-22-24-26-28-30-32-34-35-36-37-39-41-43-45-47-49-51-53-55-57-59-61-63-65-72(77)83-70(69-82-74(73(78)79)80-67-66-75(3,4)5)68-81-71(76)64-62-60-58-56-54-52-50-48-46-44-42-40-38-33-31-29-27-25-23-21-19-17-15-13-11-9-7-2/h8-11,14-17,20-23,26-29,32,34,36-37,41,43,47,49,53,55,70,74H,6-7,12-13,18-19,24-25,30-31,33,35,38-40,42,44-46,48,50-52,54,56-69H2,1-5H3/b10-8-,11-9-,16-14-,17-15-,22-20-,23-21-,28-26-,29-27-,34-32-,37-36-,43-41-,49-47-,55-53-. The summed E-state index contributed by atoms with van der Waals surface area (Å²) >= 11 is 0. The van der Waals surface area contributed by atoms with Crippen molar-refractivity contribution in [3.63, 3.8) is 0 Å². The van der Waals surface area contributed by atoms with Crippen LogP contribution in [0.15, 0.2) is 158 Å². The minimum atomic E-state index is -1.64. The summed E-state index contributed by atoms with van der Waals surface area (Å²) in [4.78, 5) is 37.4. The van der Waals surface area contributed by atoms with Crippen molar-refractivity contribution in [1.82, 2.24) is 0 Å². The fraction of sp³-hybridized carbons (Fsp3) is 0.608. The van der Waals surface area contributed by atoms with Crippen molar-refractivity contribution < 1.29 is 42.9 Å². The van der Waals surface area contributed by atoms with Crippen molar-refractivity contribution >= 4 is 17.9 Å². The lowest BCUT2D eigenvalue weighted by Gasteiger charge is -2.26. The van der Waals surface area contributed by atoms with Crippen LogP contribution in [0, 0.1) is 0 Å². The Morgan fingerprint density at radius 3 is 0.976 bits per heavy atom. The second kappa shape index (κ2) is 62.9. The molecule has 0 aromatic heterocycles. The Labute approximate surface area is 508 Å². The van der Waals surface area contributed by atoms with Crippen LogP contribution < -0.4 is 5.11 Å². The molecule has 0 aliphatic heterocycles. The predicted octanol–water partition coefficient (Wildman–Crippen LogP) is 18.8. The maximum Gasteiger partial charge on any atom is 0.306 e. The average molecular weight is 1150 g/mol. The number of carbonyl (C=O) groups is 3. The molecule has 0 radical (unpaired) electrons. The lowest BCUT2D eigenvalue weighted by atomic mass is 10.0. The summed E-state index contributed by atoms with van der Waals surface area (Å²) in [5.41, 5.74) is 0. The van der Waals surface area contributed by atoms with Crippen molar-refractivity contribution in [2.75, 3.05) is 47.5 Å². The number of nitrogens with zero attached hydrogens (tertiary/aromatic N) is 1. The van der Waals surface area contributed by atoms with Crippen LogP contribution in [-0.2, 0) is 33.3 Å². The van der Waals surface area contributed by atoms with Gasteiger partial charge in [-0.25, -0.2) is 0 Å². The topological polar surface area (TPSA) is 111 Å². The second-order valence-corrected chi connectivity index (χ2v) is 22.3. The molecular formula is C74H119NO8. The van der Waals surface area contributed by atoms with Gasteiger partial charge in [-0.1, -0.05) is 255 Å². The molecule has 0 spiro atoms. The van der Waals surface area contributed by atoms with E-state index in [0.717, 1.165) is 122 Å². The van der Waals surface area contributed by atoms with E-state index in [4.69, 9.17) is 18.9 Å². The number of hydrogen-bond donors (Lipinski definition) is 0. The Morgan fingerprint density at radius 1 is 0.361 bits per heavy atom. The molecule has 0 fully saturated rings. The molecular weight excluding hydrogens is 1030 g/mol. The third-order valence-electron chi connectivity index (χ3n) is 13.3. The van der Waals surface area contributed by atoms with E-state index in [2.05, 4.69) is 172 Å². The molecule has 83 heavy (non-hydrogen) atoms. The molecule has 0 rings (SSSR count). The number of rotatable bonds is 58. The Kier molecular flexibility index (Phi) is 59.1. The van der Waals surface area contributed by atoms with Crippen LogP contribution in [0.25, 0.3) is 0 Å². The summed E-state index contributed by atoms with van der Waals surface area (Å²) in [6, 6.07) is 0. The van der Waals surface area contributed by atoms with Crippen LogP contribution in [0.5, 0.6) is 0 Å². The number of aliphatic carboxylic acids is 1. The van der Waals surface area contributed by atoms with Gasteiger partial charge in [0.25, 0.3) is 0 Å². The number of unbranched alkanes of at least 4 members (excludes halogenated alkanes) is 17. The van der Waals surface area contributed by atoms with E-state index >= 15 is 0 Å². The smallest absolute Gasteiger partial charge is 0.306 e. The van der Waals surface area contributed by atoms with Gasteiger partial charge in [-0.2, -0.15) is 0 Å². The van der Waals surface area contributed by atoms with Gasteiger partial charge in [0.15, 0.2) is 12.4 Å². The lowest BCUT2D eigenvalue weighted by molar-refractivity contribution is -0.870. The number of carbonyl (C=O) groups excluding carboxylic acids is 3. The molecule has 9 nitrogen and oxygen atoms in total. The fourth-order valence-electron chi connectivity index (χ4n) is 8.34. The Balaban J connectivity index is 4.29. The van der Waals surface area contributed by atoms with Gasteiger partial charge in [0.05, 0.1) is 40.3 Å². The van der Waals surface area contributed by atoms with Gasteiger partial charge in [0.2, 0.25) is 0 Å². The minimum Gasteiger partial charge on any atom is -0.545 e. The third-order valence-corrected chi connectivity index (χ3v) is 13.3. The van der Waals surface area contributed by atoms with Crippen LogP contribution >= 0.6 is 0 Å². The number of carboxylic acids is 1. The SMILES string of the molecule is CC/C=C\C/C=C\C/C=C\C/C=C\C/C=C\C/C=C\C/C=C\C/C=C\C/C=C\CCCCCC(=O)OC(COC(=O)CCCCCCCCCCCCCCCC/C=C\C/C=C\C/C=C\C/C=C\CC)COC(OCC[N+](C)(C)C)C(=O)[O-]. The second-order valence-electron chi connectivity index (χ2n) is 22.3. The highest BCUT2D eigenvalue weighted by Crippen LogP contribution is 2.15. The van der Waals surface area contributed by atoms with E-state index in [1.165, 1.54) is 77.0 Å². The average Bonchev–Trinajstić information content (AvgIpc) is 3.46. The number of carboxylic acid groups (broad SMARTS) is 1. The van der Waals surface area contributed by atoms with E-state index in [1.807, 2.05) is 21.1 Å². The molecule has 0 N–H and O–H groups in total. The van der Waals surface area contributed by atoms with Crippen LogP contribution in [0.3, 0.4) is 0 Å². The summed E-state index contributed by atoms with van der Waals surface area (Å²) < 4.78 is 22.7. The highest BCUT2D eigenvalue weighted by molar-refractivity contribution is 5.70. The minimum absolute atomic E-state index is 0.132. The van der Waals surface area contributed by atoms with Crippen molar-refractivity contribution in [2.24, 2.45) is 0 Å². The van der Waals surface area contributed by atoms with Crippen molar-refractivity contribution in [3.05, 3.63) is 158 Å². The summed E-state index contributed by atoms with van der Waals surface area (Å²) in [7, 11) is 5.90. The van der Waals surface area contributed by atoms with Gasteiger partial charge in [0.1, 0.15) is 13.2 Å². The van der Waals surface area contributed by atoms with E-state index in [9.17, 15) is 19.5 Å². The number of allylic oxidation sites excluding steroid dienone is 26. The lowest BCUT2D eigenvalue weighted by Crippen LogP contribution is -2.44. The van der Waals surface area contributed by atoms with Gasteiger partial charge < -0.3 is 33.3 Å². The maximum absolute atomic E-state index is 12.9. The molecule has 0 bridgehead atoms. The van der Waals surface area contributed by atoms with E-state index < -0.39 is 24.3 Å². The van der Waals surface area contributed by atoms with Crippen LogP contribution in [0.1, 0.15) is 232 Å². The van der Waals surface area contributed by atoms with E-state index in [-0.39, 0.29) is 38.6 Å². The summed E-state index contributed by atoms with van der Waals surface area (Å²) in [5.74, 6) is -2.34. The van der Waals surface area contributed by atoms with Crippen molar-refractivity contribution in [2.45, 2.75) is 245 Å². The number of quaternary nitrogens is 1. The van der Waals surface area contributed by atoms with Crippen LogP contribution in [0.2, 0.25) is 0 Å². The number of likely N-dealkylation sites (N-methyl/N-ethyl adjacent to an activating group) is 1. The third kappa shape index (κ3) is 64.3. The van der Waals surface area contributed by atoms with Crippen molar-refractivity contribution in [3.8, 4) is 0 Å². The summed E-state index contributed by atoms with van der Waals surface area (Å²) in [5, 5.41) is 11.8. The Morgan fingerprint density at radius 2 is 0.651 bits per heavy atom. The molecule has 9 heteroatoms. The zero-order valence-electron chi connectivity index (χ0n) is 53.2. The molecule has 468 valence electrons. The first-order valence-corrected chi connectivity index (χ1v) is 32.6. The van der Waals surface area contributed by atoms with E-state index in [0.29, 0.717) is 17.4 Å². The first-order valence-electron chi connectivity index (χ1n) is 32.6. The highest BCUT2D eigenvalue weighted by atomic mass is 16.7. The number of hydrogen-bond acceptors (Lipinski definition) is 8. The predicted molar refractivity (Wildman–Crippen MR) is 352 cm³/mol. The van der Waals surface area contributed by atoms with Gasteiger partial charge >= 0.3 is 11.9 Å². The molecule has 2 atom stereocenters. The maximum atomic E-state index is 12.9. The summed E-state index contributed by atoms with van der Waals surface area (Å²) in [6.45, 7) is 4.47. The molecule has 2 unspecified atom stereocenters. The molecule has 0 aliphatic rings. The molecule has 0 saturated heterocycles. The van der Waals surface area contributed by atoms with Crippen LogP contribution in [0.4, 0.5) is 0 Å². The van der Waals surface area contributed by atoms with Crippen molar-refractivity contribution in [1.29, 1.82) is 0 Å². The zero-order chi connectivity index (χ0) is 60.5. The van der Waals surface area contributed by atoms with Gasteiger partial charge in [-0.3, -0.25) is 9.59 Å². The Bertz CT molecular complexity index is 1920. The first-order chi connectivity index (χ1) is 40.6. The monoisotopic (exact) mass is 1150 g/mol. The number of esters is 2. The molecule has 0 heterocycles. The normalized spacial score (nSPS) is 13.8. The summed E-state index contributed by atoms with van der Waals surface area (Å²) in [6.07, 6.45) is 90.2. The van der Waals surface area contributed by atoms with E-state index in [1.54, 1.807) is 0 Å². The van der Waals surface area contributed by atoms with Gasteiger partial charge in [0, 0.05) is 12.8 Å². The highest BCUT2D eigenvalue weighted by Gasteiger charge is 2.22. The number of ether oxygens (including phenoxy) is 4. The molecule has 0 aliphatic carbocycles. The largest absolute Gasteiger partial charge is 0.545 e. The van der Waals surface area contributed by atoms with Gasteiger partial charge in [-0.05, 0) is 122 Å². The molecule has 0 aromatic rings. The molecule has 0 aromatic carbocycles. The van der Waals surface area contributed by atoms with Crippen LogP contribution in [-0.4, -0.2) is 82.3 Å².